The van der Waals surface area contributed by atoms with Gasteiger partial charge in [-0.1, -0.05) is 17.7 Å². The Morgan fingerprint density at radius 3 is 2.70 bits per heavy atom. The standard InChI is InChI=1S/C17H20ClN3O2/c1-11-3-5-13(10-14(11)18)21-16-6-4-12(9-15(16)19)17(22)20-7-8-23-2/h3-6,9-10,21H,7-8,19H2,1-2H3,(H,20,22). The van der Waals surface area contributed by atoms with Crippen LogP contribution in [0.4, 0.5) is 17.1 Å². The van der Waals surface area contributed by atoms with Gasteiger partial charge in [-0.25, -0.2) is 0 Å². The largest absolute Gasteiger partial charge is 0.397 e. The minimum Gasteiger partial charge on any atom is -0.397 e. The van der Waals surface area contributed by atoms with E-state index in [1.807, 2.05) is 25.1 Å². The van der Waals surface area contributed by atoms with Crippen molar-refractivity contribution in [3.8, 4) is 0 Å². The molecule has 2 rings (SSSR count). The highest BCUT2D eigenvalue weighted by Crippen LogP contribution is 2.27. The molecule has 0 heterocycles. The van der Waals surface area contributed by atoms with Gasteiger partial charge in [0.25, 0.3) is 5.91 Å². The second-order valence-electron chi connectivity index (χ2n) is 5.14. The van der Waals surface area contributed by atoms with Gasteiger partial charge in [0, 0.05) is 29.9 Å². The van der Waals surface area contributed by atoms with E-state index in [0.29, 0.717) is 29.4 Å². The molecule has 2 aromatic rings. The summed E-state index contributed by atoms with van der Waals surface area (Å²) >= 11 is 6.11. The fraction of sp³-hybridized carbons (Fsp3) is 0.235. The van der Waals surface area contributed by atoms with Gasteiger partial charge in [0.1, 0.15) is 0 Å². The summed E-state index contributed by atoms with van der Waals surface area (Å²) in [7, 11) is 1.59. The molecular weight excluding hydrogens is 314 g/mol. The van der Waals surface area contributed by atoms with Crippen LogP contribution in [0.5, 0.6) is 0 Å². The number of halogens is 1. The Kier molecular flexibility index (Phi) is 5.84. The average Bonchev–Trinajstić information content (AvgIpc) is 2.53. The van der Waals surface area contributed by atoms with Crippen molar-refractivity contribution in [1.29, 1.82) is 0 Å². The van der Waals surface area contributed by atoms with Crippen LogP contribution in [-0.4, -0.2) is 26.2 Å². The lowest BCUT2D eigenvalue weighted by Gasteiger charge is -2.12. The zero-order valence-electron chi connectivity index (χ0n) is 13.2. The fourth-order valence-corrected chi connectivity index (χ4v) is 2.19. The molecule has 0 aliphatic carbocycles. The summed E-state index contributed by atoms with van der Waals surface area (Å²) in [6.45, 7) is 2.86. The number of nitrogens with two attached hydrogens (primary N) is 1. The number of carbonyl (C=O) groups is 1. The van der Waals surface area contributed by atoms with Gasteiger partial charge in [-0.3, -0.25) is 4.79 Å². The SMILES string of the molecule is COCCNC(=O)c1ccc(Nc2ccc(C)c(Cl)c2)c(N)c1. The predicted molar refractivity (Wildman–Crippen MR) is 94.5 cm³/mol. The predicted octanol–water partition coefficient (Wildman–Crippen LogP) is 3.35. The average molecular weight is 334 g/mol. The second-order valence-corrected chi connectivity index (χ2v) is 5.55. The number of methoxy groups -OCH3 is 1. The van der Waals surface area contributed by atoms with Crippen LogP contribution in [0.2, 0.25) is 5.02 Å². The number of nitrogens with one attached hydrogen (secondary N) is 2. The first-order chi connectivity index (χ1) is 11.0. The maximum absolute atomic E-state index is 12.0. The summed E-state index contributed by atoms with van der Waals surface area (Å²) in [6.07, 6.45) is 0. The number of hydrogen-bond acceptors (Lipinski definition) is 4. The number of anilines is 3. The van der Waals surface area contributed by atoms with Crippen LogP contribution in [0, 0.1) is 6.92 Å². The molecule has 5 nitrogen and oxygen atoms in total. The normalized spacial score (nSPS) is 10.4. The maximum Gasteiger partial charge on any atom is 0.251 e. The minimum atomic E-state index is -0.182. The highest BCUT2D eigenvalue weighted by Gasteiger charge is 2.08. The molecule has 0 aliphatic heterocycles. The van der Waals surface area contributed by atoms with Crippen LogP contribution in [0.25, 0.3) is 0 Å². The molecule has 122 valence electrons. The Labute approximate surface area is 140 Å². The van der Waals surface area contributed by atoms with Gasteiger partial charge in [-0.05, 0) is 42.8 Å². The quantitative estimate of drug-likeness (QED) is 0.559. The summed E-state index contributed by atoms with van der Waals surface area (Å²) in [5.41, 5.74) is 9.59. The number of hydrogen-bond donors (Lipinski definition) is 3. The van der Waals surface area contributed by atoms with Crippen LogP contribution >= 0.6 is 11.6 Å². The van der Waals surface area contributed by atoms with Crippen molar-refractivity contribution in [3.05, 3.63) is 52.5 Å². The molecule has 0 fully saturated rings. The van der Waals surface area contributed by atoms with E-state index in [4.69, 9.17) is 22.1 Å². The molecule has 0 saturated carbocycles. The Morgan fingerprint density at radius 1 is 1.26 bits per heavy atom. The molecule has 1 amide bonds. The van der Waals surface area contributed by atoms with E-state index >= 15 is 0 Å². The van der Waals surface area contributed by atoms with Gasteiger partial charge in [0.15, 0.2) is 0 Å². The van der Waals surface area contributed by atoms with E-state index in [0.717, 1.165) is 16.9 Å². The third-order valence-corrected chi connectivity index (χ3v) is 3.76. The molecule has 6 heteroatoms. The molecule has 0 unspecified atom stereocenters. The number of nitrogen functional groups attached to an aromatic ring is 1. The molecule has 23 heavy (non-hydrogen) atoms. The molecule has 0 saturated heterocycles. The zero-order valence-corrected chi connectivity index (χ0v) is 13.9. The molecule has 0 spiro atoms. The second kappa shape index (κ2) is 7.85. The summed E-state index contributed by atoms with van der Waals surface area (Å²) in [6, 6.07) is 10.8. The van der Waals surface area contributed by atoms with Gasteiger partial charge in [0.2, 0.25) is 0 Å². The Morgan fingerprint density at radius 2 is 2.04 bits per heavy atom. The molecule has 0 radical (unpaired) electrons. The van der Waals surface area contributed by atoms with Crippen molar-refractivity contribution in [2.24, 2.45) is 0 Å². The minimum absolute atomic E-state index is 0.182. The van der Waals surface area contributed by atoms with Gasteiger partial charge in [0.05, 0.1) is 18.0 Å². The summed E-state index contributed by atoms with van der Waals surface area (Å²) in [4.78, 5) is 12.0. The Balaban J connectivity index is 2.09. The molecular formula is C17H20ClN3O2. The highest BCUT2D eigenvalue weighted by atomic mass is 35.5. The van der Waals surface area contributed by atoms with Crippen LogP contribution in [0.15, 0.2) is 36.4 Å². The van der Waals surface area contributed by atoms with E-state index in [1.54, 1.807) is 25.3 Å². The van der Waals surface area contributed by atoms with E-state index < -0.39 is 0 Å². The number of ether oxygens (including phenoxy) is 1. The number of carbonyl (C=O) groups excluding carboxylic acids is 1. The smallest absolute Gasteiger partial charge is 0.251 e. The fourth-order valence-electron chi connectivity index (χ4n) is 2.01. The van der Waals surface area contributed by atoms with Crippen LogP contribution < -0.4 is 16.4 Å². The number of aryl methyl sites for hydroxylation is 1. The summed E-state index contributed by atoms with van der Waals surface area (Å²) < 4.78 is 4.90. The lowest BCUT2D eigenvalue weighted by Crippen LogP contribution is -2.27. The Bertz CT molecular complexity index is 704. The first-order valence-corrected chi connectivity index (χ1v) is 7.59. The molecule has 0 aliphatic rings. The van der Waals surface area contributed by atoms with Crippen molar-refractivity contribution in [2.45, 2.75) is 6.92 Å². The lowest BCUT2D eigenvalue weighted by molar-refractivity contribution is 0.0937. The lowest BCUT2D eigenvalue weighted by atomic mass is 10.1. The van der Waals surface area contributed by atoms with Gasteiger partial charge >= 0.3 is 0 Å². The molecule has 0 bridgehead atoms. The molecule has 2 aromatic carbocycles. The number of amides is 1. The van der Waals surface area contributed by atoms with Crippen molar-refractivity contribution in [2.75, 3.05) is 31.3 Å². The molecule has 4 N–H and O–H groups in total. The topological polar surface area (TPSA) is 76.4 Å². The zero-order chi connectivity index (χ0) is 16.8. The number of rotatable bonds is 6. The highest BCUT2D eigenvalue weighted by molar-refractivity contribution is 6.31. The van der Waals surface area contributed by atoms with Crippen molar-refractivity contribution >= 4 is 34.6 Å². The van der Waals surface area contributed by atoms with Crippen LogP contribution in [0.1, 0.15) is 15.9 Å². The molecule has 0 aromatic heterocycles. The molecule has 0 atom stereocenters. The van der Waals surface area contributed by atoms with Gasteiger partial charge < -0.3 is 21.1 Å². The first kappa shape index (κ1) is 17.1. The number of benzene rings is 2. The first-order valence-electron chi connectivity index (χ1n) is 7.21. The monoisotopic (exact) mass is 333 g/mol. The van der Waals surface area contributed by atoms with Crippen molar-refractivity contribution in [3.63, 3.8) is 0 Å². The van der Waals surface area contributed by atoms with Crippen molar-refractivity contribution < 1.29 is 9.53 Å². The third-order valence-electron chi connectivity index (χ3n) is 3.36. The van der Waals surface area contributed by atoms with E-state index in [1.165, 1.54) is 0 Å². The van der Waals surface area contributed by atoms with E-state index in [-0.39, 0.29) is 5.91 Å². The van der Waals surface area contributed by atoms with Crippen molar-refractivity contribution in [1.82, 2.24) is 5.32 Å². The van der Waals surface area contributed by atoms with E-state index in [9.17, 15) is 4.79 Å². The summed E-state index contributed by atoms with van der Waals surface area (Å²) in [5.74, 6) is -0.182. The van der Waals surface area contributed by atoms with Gasteiger partial charge in [-0.15, -0.1) is 0 Å². The van der Waals surface area contributed by atoms with Crippen LogP contribution in [-0.2, 0) is 4.74 Å². The summed E-state index contributed by atoms with van der Waals surface area (Å²) in [5, 5.41) is 6.63. The van der Waals surface area contributed by atoms with Gasteiger partial charge in [-0.2, -0.15) is 0 Å². The van der Waals surface area contributed by atoms with Crippen LogP contribution in [0.3, 0.4) is 0 Å². The maximum atomic E-state index is 12.0. The van der Waals surface area contributed by atoms with E-state index in [2.05, 4.69) is 10.6 Å². The third kappa shape index (κ3) is 4.61. The Hall–Kier alpha value is -2.24.